The summed E-state index contributed by atoms with van der Waals surface area (Å²) in [6, 6.07) is 8.53. The van der Waals surface area contributed by atoms with E-state index in [0.29, 0.717) is 24.9 Å². The predicted octanol–water partition coefficient (Wildman–Crippen LogP) is 3.18. The number of benzene rings is 1. The van der Waals surface area contributed by atoms with Gasteiger partial charge in [-0.15, -0.1) is 12.4 Å². The van der Waals surface area contributed by atoms with Crippen molar-refractivity contribution in [3.8, 4) is 0 Å². The summed E-state index contributed by atoms with van der Waals surface area (Å²) in [5, 5.41) is 3.81. The monoisotopic (exact) mass is 373 g/mol. The third kappa shape index (κ3) is 6.60. The molecule has 1 heterocycles. The average Bonchev–Trinajstić information content (AvgIpc) is 2.54. The molecule has 1 aliphatic rings. The van der Waals surface area contributed by atoms with Gasteiger partial charge in [-0.3, -0.25) is 9.69 Å². The maximum Gasteiger partial charge on any atom is 0.221 e. The van der Waals surface area contributed by atoms with Crippen molar-refractivity contribution in [1.29, 1.82) is 0 Å². The van der Waals surface area contributed by atoms with Crippen LogP contribution in [0, 0.1) is 0 Å². The standard InChI is InChI=1S/C18H28ClN3O.ClH/c1-14(15-5-4-6-16(19)11-15)13-22-10-3-2-7-17(22)12-21-18(23)8-9-20;/h4-6,11,14,17H,2-3,7-10,12-13,20H2,1H3,(H,21,23);1H. The summed E-state index contributed by atoms with van der Waals surface area (Å²) in [5.74, 6) is 0.481. The molecule has 1 amide bonds. The van der Waals surface area contributed by atoms with Crippen molar-refractivity contribution in [3.63, 3.8) is 0 Å². The van der Waals surface area contributed by atoms with Crippen LogP contribution in [0.1, 0.15) is 44.1 Å². The molecule has 24 heavy (non-hydrogen) atoms. The van der Waals surface area contributed by atoms with Crippen LogP contribution < -0.4 is 11.1 Å². The van der Waals surface area contributed by atoms with Gasteiger partial charge in [0.25, 0.3) is 0 Å². The van der Waals surface area contributed by atoms with Crippen molar-refractivity contribution >= 4 is 29.9 Å². The molecule has 1 aliphatic heterocycles. The Labute approximate surface area is 156 Å². The fourth-order valence-electron chi connectivity index (χ4n) is 3.25. The molecule has 0 saturated carbocycles. The Kier molecular flexibility index (Phi) is 9.67. The van der Waals surface area contributed by atoms with Gasteiger partial charge in [-0.2, -0.15) is 0 Å². The van der Waals surface area contributed by atoms with Crippen molar-refractivity contribution < 1.29 is 4.79 Å². The largest absolute Gasteiger partial charge is 0.354 e. The van der Waals surface area contributed by atoms with Gasteiger partial charge in [0.05, 0.1) is 0 Å². The molecule has 2 unspecified atom stereocenters. The summed E-state index contributed by atoms with van der Waals surface area (Å²) < 4.78 is 0. The van der Waals surface area contributed by atoms with Crippen molar-refractivity contribution in [2.45, 2.75) is 44.6 Å². The van der Waals surface area contributed by atoms with Crippen LogP contribution in [0.25, 0.3) is 0 Å². The van der Waals surface area contributed by atoms with E-state index >= 15 is 0 Å². The van der Waals surface area contributed by atoms with Crippen molar-refractivity contribution in [1.82, 2.24) is 10.2 Å². The average molecular weight is 374 g/mol. The van der Waals surface area contributed by atoms with Crippen LogP contribution in [-0.2, 0) is 4.79 Å². The Morgan fingerprint density at radius 1 is 1.46 bits per heavy atom. The molecule has 0 aliphatic carbocycles. The highest BCUT2D eigenvalue weighted by atomic mass is 35.5. The second-order valence-corrected chi connectivity index (χ2v) is 6.88. The first-order valence-electron chi connectivity index (χ1n) is 8.56. The normalized spacial score (nSPS) is 19.4. The first-order chi connectivity index (χ1) is 11.1. The maximum absolute atomic E-state index is 11.6. The van der Waals surface area contributed by atoms with E-state index < -0.39 is 0 Å². The summed E-state index contributed by atoms with van der Waals surface area (Å²) in [7, 11) is 0. The number of hydrogen-bond donors (Lipinski definition) is 2. The van der Waals surface area contributed by atoms with E-state index in [1.165, 1.54) is 18.4 Å². The van der Waals surface area contributed by atoms with Gasteiger partial charge in [0, 0.05) is 37.1 Å². The number of rotatable bonds is 7. The second kappa shape index (κ2) is 10.9. The number of carbonyl (C=O) groups is 1. The van der Waals surface area contributed by atoms with Crippen LogP contribution in [0.2, 0.25) is 5.02 Å². The minimum absolute atomic E-state index is 0. The lowest BCUT2D eigenvalue weighted by Crippen LogP contribution is -2.48. The highest BCUT2D eigenvalue weighted by Crippen LogP contribution is 2.24. The predicted molar refractivity (Wildman–Crippen MR) is 103 cm³/mol. The number of piperidine rings is 1. The van der Waals surface area contributed by atoms with Gasteiger partial charge in [-0.25, -0.2) is 0 Å². The van der Waals surface area contributed by atoms with E-state index in [2.05, 4.69) is 23.2 Å². The Morgan fingerprint density at radius 2 is 2.25 bits per heavy atom. The topological polar surface area (TPSA) is 58.4 Å². The molecule has 6 heteroatoms. The molecule has 1 aromatic carbocycles. The van der Waals surface area contributed by atoms with Crippen LogP contribution >= 0.6 is 24.0 Å². The fraction of sp³-hybridized carbons (Fsp3) is 0.611. The molecule has 4 nitrogen and oxygen atoms in total. The van der Waals surface area contributed by atoms with Crippen molar-refractivity contribution in [3.05, 3.63) is 34.9 Å². The lowest BCUT2D eigenvalue weighted by atomic mass is 9.96. The molecule has 1 fully saturated rings. The highest BCUT2D eigenvalue weighted by molar-refractivity contribution is 6.30. The fourth-order valence-corrected chi connectivity index (χ4v) is 3.45. The van der Waals surface area contributed by atoms with Crippen LogP contribution in [0.5, 0.6) is 0 Å². The van der Waals surface area contributed by atoms with E-state index in [1.54, 1.807) is 0 Å². The second-order valence-electron chi connectivity index (χ2n) is 6.44. The minimum Gasteiger partial charge on any atom is -0.354 e. The molecular formula is C18H29Cl2N3O. The van der Waals surface area contributed by atoms with E-state index in [1.807, 2.05) is 18.2 Å². The SMILES string of the molecule is CC(CN1CCCCC1CNC(=O)CCN)c1cccc(Cl)c1.Cl. The third-order valence-electron chi connectivity index (χ3n) is 4.58. The van der Waals surface area contributed by atoms with Gasteiger partial charge in [0.15, 0.2) is 0 Å². The van der Waals surface area contributed by atoms with Gasteiger partial charge in [0.2, 0.25) is 5.91 Å². The zero-order valence-electron chi connectivity index (χ0n) is 14.3. The molecule has 136 valence electrons. The molecular weight excluding hydrogens is 345 g/mol. The summed E-state index contributed by atoms with van der Waals surface area (Å²) in [5.41, 5.74) is 6.70. The summed E-state index contributed by atoms with van der Waals surface area (Å²) in [6.45, 7) is 5.47. The van der Waals surface area contributed by atoms with Crippen LogP contribution in [0.4, 0.5) is 0 Å². The number of halogens is 2. The Hall–Kier alpha value is -0.810. The lowest BCUT2D eigenvalue weighted by molar-refractivity contribution is -0.121. The number of amides is 1. The van der Waals surface area contributed by atoms with Gasteiger partial charge >= 0.3 is 0 Å². The maximum atomic E-state index is 11.6. The first kappa shape index (κ1) is 21.2. The van der Waals surface area contributed by atoms with Gasteiger partial charge in [-0.05, 0) is 43.0 Å². The number of nitrogens with zero attached hydrogens (tertiary/aromatic N) is 1. The molecule has 0 bridgehead atoms. The molecule has 2 atom stereocenters. The van der Waals surface area contributed by atoms with Crippen molar-refractivity contribution in [2.24, 2.45) is 5.73 Å². The number of nitrogens with two attached hydrogens (primary N) is 1. The Balaban J connectivity index is 0.00000288. The zero-order valence-corrected chi connectivity index (χ0v) is 15.9. The van der Waals surface area contributed by atoms with E-state index in [-0.39, 0.29) is 18.3 Å². The van der Waals surface area contributed by atoms with Crippen LogP contribution in [0.15, 0.2) is 24.3 Å². The van der Waals surface area contributed by atoms with Crippen LogP contribution in [0.3, 0.4) is 0 Å². The molecule has 0 radical (unpaired) electrons. The minimum atomic E-state index is 0. The summed E-state index contributed by atoms with van der Waals surface area (Å²) >= 11 is 6.10. The Morgan fingerprint density at radius 3 is 2.96 bits per heavy atom. The lowest BCUT2D eigenvalue weighted by Gasteiger charge is -2.37. The zero-order chi connectivity index (χ0) is 16.7. The number of likely N-dealkylation sites (tertiary alicyclic amines) is 1. The van der Waals surface area contributed by atoms with Gasteiger partial charge < -0.3 is 11.1 Å². The first-order valence-corrected chi connectivity index (χ1v) is 8.94. The quantitative estimate of drug-likeness (QED) is 0.771. The number of hydrogen-bond acceptors (Lipinski definition) is 3. The van der Waals surface area contributed by atoms with Crippen molar-refractivity contribution in [2.75, 3.05) is 26.2 Å². The molecule has 1 saturated heterocycles. The van der Waals surface area contributed by atoms with Gasteiger partial charge in [-0.1, -0.05) is 37.1 Å². The summed E-state index contributed by atoms with van der Waals surface area (Å²) in [4.78, 5) is 14.2. The summed E-state index contributed by atoms with van der Waals surface area (Å²) in [6.07, 6.45) is 4.02. The molecule has 3 N–H and O–H groups in total. The number of carbonyl (C=O) groups excluding carboxylic acids is 1. The smallest absolute Gasteiger partial charge is 0.221 e. The van der Waals surface area contributed by atoms with Crippen LogP contribution in [-0.4, -0.2) is 43.0 Å². The number of nitrogens with one attached hydrogen (secondary N) is 1. The third-order valence-corrected chi connectivity index (χ3v) is 4.82. The highest BCUT2D eigenvalue weighted by Gasteiger charge is 2.24. The van der Waals surface area contributed by atoms with Gasteiger partial charge in [0.1, 0.15) is 0 Å². The molecule has 2 rings (SSSR count). The van der Waals surface area contributed by atoms with E-state index in [9.17, 15) is 4.79 Å². The Bertz CT molecular complexity index is 513. The molecule has 1 aromatic rings. The van der Waals surface area contributed by atoms with E-state index in [0.717, 1.165) is 31.1 Å². The van der Waals surface area contributed by atoms with E-state index in [4.69, 9.17) is 17.3 Å². The molecule has 0 spiro atoms. The molecule has 0 aromatic heterocycles.